The number of aromatic amines is 1. The molecule has 0 fully saturated rings. The van der Waals surface area contributed by atoms with Crippen molar-refractivity contribution in [2.24, 2.45) is 0 Å². The van der Waals surface area contributed by atoms with Crippen LogP contribution in [0.25, 0.3) is 11.5 Å². The van der Waals surface area contributed by atoms with E-state index in [-0.39, 0.29) is 39.8 Å². The van der Waals surface area contributed by atoms with E-state index < -0.39 is 46.8 Å². The van der Waals surface area contributed by atoms with Crippen LogP contribution in [0.4, 0.5) is 32.0 Å². The highest BCUT2D eigenvalue weighted by molar-refractivity contribution is 7.13. The van der Waals surface area contributed by atoms with Crippen LogP contribution in [-0.2, 0) is 12.4 Å². The van der Waals surface area contributed by atoms with Crippen molar-refractivity contribution in [3.05, 3.63) is 74.8 Å². The summed E-state index contributed by atoms with van der Waals surface area (Å²) in [7, 11) is 0. The molecule has 1 unspecified atom stereocenters. The Morgan fingerprint density at radius 1 is 1.05 bits per heavy atom. The number of H-pyrrole nitrogens is 1. The highest BCUT2D eigenvalue weighted by Crippen LogP contribution is 2.41. The maximum atomic E-state index is 13.2. The van der Waals surface area contributed by atoms with Crippen molar-refractivity contribution >= 4 is 40.3 Å². The molecule has 0 aliphatic heterocycles. The zero-order chi connectivity index (χ0) is 28.5. The molecule has 0 spiro atoms. The van der Waals surface area contributed by atoms with E-state index in [1.807, 2.05) is 0 Å². The van der Waals surface area contributed by atoms with Gasteiger partial charge in [0.1, 0.15) is 22.6 Å². The van der Waals surface area contributed by atoms with Crippen molar-refractivity contribution in [1.29, 1.82) is 0 Å². The summed E-state index contributed by atoms with van der Waals surface area (Å²) < 4.78 is 78.5. The first-order valence-electron chi connectivity index (χ1n) is 10.8. The van der Waals surface area contributed by atoms with Gasteiger partial charge >= 0.3 is 12.4 Å². The van der Waals surface area contributed by atoms with Crippen LogP contribution in [0.2, 0.25) is 5.02 Å². The lowest BCUT2D eigenvalue weighted by molar-refractivity contribution is -0.162. The van der Waals surface area contributed by atoms with Gasteiger partial charge in [-0.15, -0.1) is 11.3 Å². The quantitative estimate of drug-likeness (QED) is 0.185. The van der Waals surface area contributed by atoms with Crippen LogP contribution in [0.5, 0.6) is 0 Å². The van der Waals surface area contributed by atoms with Crippen molar-refractivity contribution in [1.82, 2.24) is 24.9 Å². The molecule has 2 N–H and O–H groups in total. The van der Waals surface area contributed by atoms with Gasteiger partial charge in [-0.25, -0.2) is 19.9 Å². The highest BCUT2D eigenvalue weighted by Gasteiger charge is 2.43. The number of benzene rings is 1. The molecule has 16 heteroatoms. The molecule has 39 heavy (non-hydrogen) atoms. The molecule has 4 rings (SSSR count). The van der Waals surface area contributed by atoms with Gasteiger partial charge in [0.2, 0.25) is 0 Å². The summed E-state index contributed by atoms with van der Waals surface area (Å²) in [6.07, 6.45) is -5.27. The standard InChI is InChI=1S/C23H15ClF6N6O2S/c1-10(6-14(37)17-16(24)18(35-9-34-17)19-31-4-5-32-19)21-33-8-15(39-21)20(38)36-11-2-3-12(22(25,26)27)13(7-11)23(28,29)30/h2-5,7-10H,6H2,1H3,(H,31,32)(H,36,38). The van der Waals surface area contributed by atoms with E-state index >= 15 is 0 Å². The molecule has 0 aliphatic rings. The van der Waals surface area contributed by atoms with Gasteiger partial charge in [-0.2, -0.15) is 26.3 Å². The van der Waals surface area contributed by atoms with E-state index in [0.29, 0.717) is 10.8 Å². The number of rotatable bonds is 7. The van der Waals surface area contributed by atoms with Gasteiger partial charge in [0, 0.05) is 30.4 Å². The Hall–Kier alpha value is -3.85. The number of nitrogens with zero attached hydrogens (tertiary/aromatic N) is 4. The van der Waals surface area contributed by atoms with Crippen LogP contribution >= 0.6 is 22.9 Å². The lowest BCUT2D eigenvalue weighted by Crippen LogP contribution is -2.18. The fraction of sp³-hybridized carbons (Fsp3) is 0.217. The van der Waals surface area contributed by atoms with Crippen LogP contribution < -0.4 is 5.32 Å². The summed E-state index contributed by atoms with van der Waals surface area (Å²) in [5.74, 6) is -1.49. The summed E-state index contributed by atoms with van der Waals surface area (Å²) in [4.78, 5) is 44.4. The fourth-order valence-corrected chi connectivity index (χ4v) is 4.66. The smallest absolute Gasteiger partial charge is 0.343 e. The lowest BCUT2D eigenvalue weighted by atomic mass is 10.0. The molecule has 0 aliphatic carbocycles. The van der Waals surface area contributed by atoms with E-state index in [4.69, 9.17) is 11.6 Å². The van der Waals surface area contributed by atoms with Crippen LogP contribution in [0.3, 0.4) is 0 Å². The largest absolute Gasteiger partial charge is 0.417 e. The summed E-state index contributed by atoms with van der Waals surface area (Å²) >= 11 is 7.19. The molecular formula is C23H15ClF6N6O2S. The molecule has 204 valence electrons. The number of hydrogen-bond acceptors (Lipinski definition) is 7. The zero-order valence-corrected chi connectivity index (χ0v) is 21.1. The van der Waals surface area contributed by atoms with Crippen LogP contribution in [0.1, 0.15) is 55.6 Å². The average molecular weight is 589 g/mol. The molecule has 8 nitrogen and oxygen atoms in total. The van der Waals surface area contributed by atoms with Gasteiger partial charge < -0.3 is 10.3 Å². The number of anilines is 1. The number of aromatic nitrogens is 5. The summed E-state index contributed by atoms with van der Waals surface area (Å²) in [6.45, 7) is 1.66. The zero-order valence-electron chi connectivity index (χ0n) is 19.5. The minimum atomic E-state index is -5.30. The summed E-state index contributed by atoms with van der Waals surface area (Å²) in [5.41, 5.74) is -4.08. The minimum absolute atomic E-state index is 0.00127. The molecular weight excluding hydrogens is 574 g/mol. The van der Waals surface area contributed by atoms with Crippen molar-refractivity contribution < 1.29 is 35.9 Å². The van der Waals surface area contributed by atoms with Gasteiger partial charge in [0.15, 0.2) is 11.6 Å². The second-order valence-corrected chi connectivity index (χ2v) is 9.56. The molecule has 1 amide bonds. The van der Waals surface area contributed by atoms with Crippen molar-refractivity contribution in [2.45, 2.75) is 31.6 Å². The van der Waals surface area contributed by atoms with Crippen molar-refractivity contribution in [3.63, 3.8) is 0 Å². The number of ketones is 1. The summed E-state index contributed by atoms with van der Waals surface area (Å²) in [6, 6.07) is 1.19. The molecule has 3 aromatic heterocycles. The second kappa shape index (κ2) is 10.7. The van der Waals surface area contributed by atoms with Gasteiger partial charge in [-0.05, 0) is 18.2 Å². The van der Waals surface area contributed by atoms with Gasteiger partial charge in [0.05, 0.1) is 27.4 Å². The van der Waals surface area contributed by atoms with E-state index in [9.17, 15) is 35.9 Å². The Morgan fingerprint density at radius 2 is 1.77 bits per heavy atom. The Morgan fingerprint density at radius 3 is 2.41 bits per heavy atom. The Kier molecular flexibility index (Phi) is 7.75. The molecule has 3 heterocycles. The number of thiazole rings is 1. The van der Waals surface area contributed by atoms with E-state index in [2.05, 4.69) is 30.2 Å². The third-order valence-electron chi connectivity index (χ3n) is 5.32. The van der Waals surface area contributed by atoms with Crippen LogP contribution in [0, 0.1) is 0 Å². The number of alkyl halides is 6. The molecule has 0 bridgehead atoms. The maximum absolute atomic E-state index is 13.2. The number of nitrogens with one attached hydrogen (secondary N) is 2. The van der Waals surface area contributed by atoms with Crippen molar-refractivity contribution in [3.8, 4) is 11.5 Å². The van der Waals surface area contributed by atoms with Crippen molar-refractivity contribution in [2.75, 3.05) is 5.32 Å². The molecule has 4 aromatic rings. The third kappa shape index (κ3) is 6.25. The van der Waals surface area contributed by atoms with Gasteiger partial charge in [-0.3, -0.25) is 9.59 Å². The first-order valence-corrected chi connectivity index (χ1v) is 12.0. The number of imidazole rings is 1. The maximum Gasteiger partial charge on any atom is 0.417 e. The Bertz CT molecular complexity index is 1520. The number of Topliss-reactive ketones (excluding diaryl/α,β-unsaturated/α-hetero) is 1. The second-order valence-electron chi connectivity index (χ2n) is 8.12. The third-order valence-corrected chi connectivity index (χ3v) is 6.91. The van der Waals surface area contributed by atoms with Crippen LogP contribution in [-0.4, -0.2) is 36.6 Å². The minimum Gasteiger partial charge on any atom is -0.343 e. The lowest BCUT2D eigenvalue weighted by Gasteiger charge is -2.16. The molecule has 0 radical (unpaired) electrons. The Labute approximate surface area is 224 Å². The number of halogens is 7. The number of amides is 1. The van der Waals surface area contributed by atoms with Crippen LogP contribution in [0.15, 0.2) is 43.1 Å². The normalized spacial score (nSPS) is 12.8. The molecule has 1 aromatic carbocycles. The molecule has 1 atom stereocenters. The Balaban J connectivity index is 1.47. The number of carbonyl (C=O) groups is 2. The van der Waals surface area contributed by atoms with E-state index in [0.717, 1.165) is 23.6 Å². The van der Waals surface area contributed by atoms with E-state index in [1.54, 1.807) is 13.1 Å². The van der Waals surface area contributed by atoms with Gasteiger partial charge in [0.25, 0.3) is 5.91 Å². The summed E-state index contributed by atoms with van der Waals surface area (Å²) in [5, 5.41) is 2.50. The number of carbonyl (C=O) groups excluding carboxylic acids is 2. The SMILES string of the molecule is CC(CC(=O)c1ncnc(-c2ncc[nH]2)c1Cl)c1ncc(C(=O)Nc2ccc(C(F)(F)F)c(C(F)(F)F)c2)s1. The molecule has 0 saturated carbocycles. The predicted molar refractivity (Wildman–Crippen MR) is 128 cm³/mol. The number of hydrogen-bond donors (Lipinski definition) is 2. The first-order chi connectivity index (χ1) is 18.3. The monoisotopic (exact) mass is 588 g/mol. The fourth-order valence-electron chi connectivity index (χ4n) is 3.50. The van der Waals surface area contributed by atoms with Gasteiger partial charge in [-0.1, -0.05) is 18.5 Å². The average Bonchev–Trinajstić information content (AvgIpc) is 3.56. The van der Waals surface area contributed by atoms with E-state index in [1.165, 1.54) is 12.5 Å². The highest BCUT2D eigenvalue weighted by atomic mass is 35.5. The predicted octanol–water partition coefficient (Wildman–Crippen LogP) is 6.64. The molecule has 0 saturated heterocycles. The first kappa shape index (κ1) is 28.2. The topological polar surface area (TPSA) is 114 Å².